The first kappa shape index (κ1) is 66.3. The van der Waals surface area contributed by atoms with Gasteiger partial charge in [0.25, 0.3) is 16.7 Å². The van der Waals surface area contributed by atoms with Gasteiger partial charge in [0, 0.05) is 151 Å². The summed E-state index contributed by atoms with van der Waals surface area (Å²) in [7, 11) is -1.97. The maximum atomic E-state index is 12.8. The number of amides is 3. The smallest absolute Gasteiger partial charge is 0.423 e. The van der Waals surface area contributed by atoms with Gasteiger partial charge in [0.2, 0.25) is 17.7 Å². The van der Waals surface area contributed by atoms with Gasteiger partial charge in [-0.05, 0) is 104 Å². The van der Waals surface area contributed by atoms with Gasteiger partial charge in [-0.25, -0.2) is 29.9 Å². The number of aryl methyl sites for hydroxylation is 3. The summed E-state index contributed by atoms with van der Waals surface area (Å²) in [6.07, 6.45) is 7.16. The first-order chi connectivity index (χ1) is 45.2. The number of H-pyrrole nitrogens is 3. The molecule has 0 spiro atoms. The highest BCUT2D eigenvalue weighted by Crippen LogP contribution is 2.36. The zero-order chi connectivity index (χ0) is 66.1. The molecule has 0 saturated carbocycles. The first-order valence-corrected chi connectivity index (χ1v) is 32.3. The molecule has 4 aliphatic rings. The maximum Gasteiger partial charge on any atom is 0.496 e. The van der Waals surface area contributed by atoms with Crippen molar-refractivity contribution in [2.45, 2.75) is 77.4 Å². The SMILES string of the molecule is CC1(C)OB(c2ccc(N3CCN(C(=O)CCc4nc5ccccc5c(=O)[nH]4)CC3)nc2)OC1(C)C.O=C(CCc1nc2ccccc2c(=O)[nH]1)N1CCN(c2ccc(B(O)O)cn2)CC1.O=C(CCc1nc2ccccc2c(=O)[nH]1)N1CCN(c2ccc(Br)cn2)CC1. The van der Waals surface area contributed by atoms with Gasteiger partial charge in [-0.1, -0.05) is 48.5 Å². The summed E-state index contributed by atoms with van der Waals surface area (Å²) in [5.74, 6) is 4.32. The van der Waals surface area contributed by atoms with E-state index in [4.69, 9.17) is 19.4 Å². The number of aromatic amines is 3. The average Bonchev–Trinajstić information content (AvgIpc) is 1.64. The van der Waals surface area contributed by atoms with Crippen LogP contribution >= 0.6 is 15.9 Å². The van der Waals surface area contributed by atoms with Gasteiger partial charge >= 0.3 is 14.2 Å². The van der Waals surface area contributed by atoms with E-state index in [0.717, 1.165) is 40.5 Å². The predicted molar refractivity (Wildman–Crippen MR) is 364 cm³/mol. The van der Waals surface area contributed by atoms with Gasteiger partial charge in [-0.3, -0.25) is 28.8 Å². The van der Waals surface area contributed by atoms with Crippen LogP contribution in [0.25, 0.3) is 32.7 Å². The van der Waals surface area contributed by atoms with E-state index in [0.29, 0.717) is 153 Å². The third kappa shape index (κ3) is 16.0. The van der Waals surface area contributed by atoms with Crippen LogP contribution in [0.2, 0.25) is 0 Å². The highest BCUT2D eigenvalue weighted by atomic mass is 79.9. The fourth-order valence-corrected chi connectivity index (χ4v) is 11.7. The minimum absolute atomic E-state index is 0.0252. The van der Waals surface area contributed by atoms with Crippen molar-refractivity contribution in [1.29, 1.82) is 0 Å². The fraction of sp³-hybridized carbons (Fsp3) is 0.364. The van der Waals surface area contributed by atoms with E-state index < -0.39 is 25.4 Å². The minimum atomic E-state index is -1.53. The third-order valence-corrected chi connectivity index (χ3v) is 18.1. The summed E-state index contributed by atoms with van der Waals surface area (Å²) in [6, 6.07) is 32.9. The van der Waals surface area contributed by atoms with E-state index in [-0.39, 0.29) is 40.8 Å². The van der Waals surface area contributed by atoms with Crippen molar-refractivity contribution in [3.63, 3.8) is 0 Å². The van der Waals surface area contributed by atoms with E-state index in [9.17, 15) is 28.8 Å². The van der Waals surface area contributed by atoms with Crippen LogP contribution in [0.4, 0.5) is 17.5 Å². The molecule has 13 rings (SSSR count). The average molecular weight is 1340 g/mol. The molecule has 6 aromatic heterocycles. The van der Waals surface area contributed by atoms with Crippen LogP contribution in [0.15, 0.2) is 147 Å². The Kier molecular flexibility index (Phi) is 20.7. The number of hydrogen-bond donors (Lipinski definition) is 5. The minimum Gasteiger partial charge on any atom is -0.423 e. The van der Waals surface area contributed by atoms with Crippen LogP contribution < -0.4 is 42.3 Å². The molecule has 10 heterocycles. The molecule has 0 aliphatic carbocycles. The molecular weight excluding hydrogens is 1260 g/mol. The van der Waals surface area contributed by atoms with E-state index in [1.165, 1.54) is 6.20 Å². The molecule has 25 nitrogen and oxygen atoms in total. The zero-order valence-electron chi connectivity index (χ0n) is 52.9. The van der Waals surface area contributed by atoms with Crippen molar-refractivity contribution in [3.05, 3.63) is 181 Å². The second-order valence-corrected chi connectivity index (χ2v) is 25.3. The Morgan fingerprint density at radius 3 is 1.14 bits per heavy atom. The number of nitrogens with one attached hydrogen (secondary N) is 3. The maximum absolute atomic E-state index is 12.8. The molecule has 4 fully saturated rings. The van der Waals surface area contributed by atoms with Gasteiger partial charge in [0.05, 0.1) is 43.9 Å². The fourth-order valence-electron chi connectivity index (χ4n) is 11.5. The third-order valence-electron chi connectivity index (χ3n) is 17.7. The number of carbonyl (C=O) groups is 3. The molecule has 4 aliphatic heterocycles. The number of halogens is 1. The molecule has 0 radical (unpaired) electrons. The van der Waals surface area contributed by atoms with Crippen LogP contribution in [0.1, 0.15) is 64.4 Å². The molecule has 486 valence electrons. The number of nitrogens with zero attached hydrogens (tertiary/aromatic N) is 12. The number of para-hydroxylation sites is 3. The standard InChI is InChI=1S/C26H32BN5O4.C20H22BN5O4.C20H20BrN5O2/c1-25(2)26(3,4)36-27(35-25)18-9-11-22(28-17-18)31-13-15-32(16-14-31)23(33)12-10-21-29-20-8-6-5-7-19(20)24(34)30-21;27-19(8-6-17-23-16-4-2-1-3-15(16)20(28)24-17)26-11-9-25(10-12-26)18-7-5-14(13-22-18)21(29)30;21-14-5-7-18(22-13-14)25-9-11-26(12-10-25)19(27)8-6-17-23-16-4-2-1-3-15(16)20(28)24-17/h5-9,11,17H,10,12-16H2,1-4H3,(H,29,30,34);1-5,7,13,29-30H,6,8-12H2,(H,23,24,28);1-5,7,13H,6,8-12H2,(H,23,24,28). The molecule has 0 bridgehead atoms. The van der Waals surface area contributed by atoms with Gasteiger partial charge in [0.15, 0.2) is 0 Å². The number of rotatable bonds is 14. The predicted octanol–water partition coefficient (Wildman–Crippen LogP) is 3.54. The summed E-state index contributed by atoms with van der Waals surface area (Å²) >= 11 is 3.39. The number of anilines is 3. The van der Waals surface area contributed by atoms with E-state index in [1.807, 2.05) is 115 Å². The normalized spacial score (nSPS) is 16.2. The van der Waals surface area contributed by atoms with E-state index in [1.54, 1.807) is 48.7 Å². The Morgan fingerprint density at radius 1 is 0.479 bits per heavy atom. The van der Waals surface area contributed by atoms with Crippen LogP contribution in [-0.4, -0.2) is 191 Å². The van der Waals surface area contributed by atoms with Gasteiger partial charge in [-0.2, -0.15) is 0 Å². The van der Waals surface area contributed by atoms with Crippen molar-refractivity contribution in [2.75, 3.05) is 93.2 Å². The lowest BCUT2D eigenvalue weighted by molar-refractivity contribution is -0.132. The molecule has 28 heteroatoms. The molecule has 3 aromatic carbocycles. The lowest BCUT2D eigenvalue weighted by Gasteiger charge is -2.35. The van der Waals surface area contributed by atoms with Gasteiger partial charge in [0.1, 0.15) is 34.9 Å². The van der Waals surface area contributed by atoms with E-state index in [2.05, 4.69) is 75.5 Å². The highest BCUT2D eigenvalue weighted by molar-refractivity contribution is 9.10. The van der Waals surface area contributed by atoms with E-state index >= 15 is 0 Å². The monoisotopic (exact) mass is 1340 g/mol. The summed E-state index contributed by atoms with van der Waals surface area (Å²) in [4.78, 5) is 122. The molecule has 94 heavy (non-hydrogen) atoms. The largest absolute Gasteiger partial charge is 0.496 e. The number of aromatic nitrogens is 9. The van der Waals surface area contributed by atoms with Crippen LogP contribution in [-0.2, 0) is 43.0 Å². The van der Waals surface area contributed by atoms with Crippen molar-refractivity contribution < 1.29 is 33.7 Å². The summed E-state index contributed by atoms with van der Waals surface area (Å²) in [5.41, 5.74) is 1.86. The Bertz CT molecular complexity index is 4310. The summed E-state index contributed by atoms with van der Waals surface area (Å²) in [6.45, 7) is 16.1. The molecule has 0 unspecified atom stereocenters. The van der Waals surface area contributed by atoms with Crippen LogP contribution in [0.5, 0.6) is 0 Å². The van der Waals surface area contributed by atoms with Gasteiger partial charge in [-0.15, -0.1) is 0 Å². The van der Waals surface area contributed by atoms with Crippen molar-refractivity contribution in [1.82, 2.24) is 59.6 Å². The second kappa shape index (κ2) is 29.4. The molecular formula is C66H74B2BrN15O10. The molecule has 3 amide bonds. The Morgan fingerprint density at radius 2 is 0.819 bits per heavy atom. The Hall–Kier alpha value is -9.21. The van der Waals surface area contributed by atoms with Gasteiger partial charge < -0.3 is 63.7 Å². The first-order valence-electron chi connectivity index (χ1n) is 31.5. The number of hydrogen-bond acceptors (Lipinski definition) is 19. The highest BCUT2D eigenvalue weighted by Gasteiger charge is 2.52. The molecule has 0 atom stereocenters. The lowest BCUT2D eigenvalue weighted by Crippen LogP contribution is -2.49. The molecule has 5 N–H and O–H groups in total. The molecule has 9 aromatic rings. The van der Waals surface area contributed by atoms with Crippen molar-refractivity contribution in [3.8, 4) is 0 Å². The number of carbonyl (C=O) groups excluding carboxylic acids is 3. The van der Waals surface area contributed by atoms with Crippen molar-refractivity contribution in [2.24, 2.45) is 0 Å². The lowest BCUT2D eigenvalue weighted by atomic mass is 9.80. The number of pyridine rings is 3. The number of piperazine rings is 3. The topological polar surface area (TPSA) is 305 Å². The Balaban J connectivity index is 0.000000145. The van der Waals surface area contributed by atoms with Crippen LogP contribution in [0.3, 0.4) is 0 Å². The number of fused-ring (bicyclic) bond motifs is 3. The molecule has 4 saturated heterocycles. The quantitative estimate of drug-likeness (QED) is 0.0973. The zero-order valence-corrected chi connectivity index (χ0v) is 54.5. The van der Waals surface area contributed by atoms with Crippen LogP contribution in [0, 0.1) is 0 Å². The van der Waals surface area contributed by atoms with Crippen molar-refractivity contribution >= 4 is 109 Å². The summed E-state index contributed by atoms with van der Waals surface area (Å²) in [5, 5.41) is 20.0. The number of benzene rings is 3. The second-order valence-electron chi connectivity index (χ2n) is 24.4. The Labute approximate surface area is 551 Å². The summed E-state index contributed by atoms with van der Waals surface area (Å²) < 4.78 is 13.2.